The molecule has 192 valence electrons. The molecule has 0 radical (unpaired) electrons. The van der Waals surface area contributed by atoms with Gasteiger partial charge in [-0.05, 0) is 57.2 Å². The molecule has 0 unspecified atom stereocenters. The molecule has 4 aromatic heterocycles. The zero-order chi connectivity index (χ0) is 25.4. The number of nitrogens with zero attached hydrogens (tertiary/aromatic N) is 9. The molecule has 0 saturated carbocycles. The molecule has 10 heteroatoms. The summed E-state index contributed by atoms with van der Waals surface area (Å²) < 4.78 is 7.30. The van der Waals surface area contributed by atoms with Gasteiger partial charge in [0, 0.05) is 55.9 Å². The maximum Gasteiger partial charge on any atom is 0.252 e. The molecular weight excluding hydrogens is 466 g/mol. The van der Waals surface area contributed by atoms with Crippen LogP contribution in [0.2, 0.25) is 0 Å². The number of hydrogen-bond acceptors (Lipinski definition) is 9. The van der Waals surface area contributed by atoms with Gasteiger partial charge in [-0.2, -0.15) is 10.1 Å². The van der Waals surface area contributed by atoms with Crippen LogP contribution < -0.4 is 4.90 Å². The van der Waals surface area contributed by atoms with E-state index in [0.717, 1.165) is 98.8 Å². The predicted octanol–water partition coefficient (Wildman–Crippen LogP) is 2.80. The van der Waals surface area contributed by atoms with Crippen molar-refractivity contribution in [1.29, 1.82) is 0 Å². The van der Waals surface area contributed by atoms with Crippen molar-refractivity contribution in [3.8, 4) is 11.3 Å². The average molecular weight is 500 g/mol. The SMILES string of the molecule is Cc1nc2nc(C)c(C[C@@H]3CCN(c4cnc(-c5ccc(CN6CCOCC6)nc5)cn4)C3)c(C)n2n1. The van der Waals surface area contributed by atoms with Crippen LogP contribution in [-0.2, 0) is 17.7 Å². The Balaban J connectivity index is 1.09. The van der Waals surface area contributed by atoms with Gasteiger partial charge in [-0.3, -0.25) is 14.9 Å². The molecule has 0 amide bonds. The molecule has 10 nitrogen and oxygen atoms in total. The molecule has 0 spiro atoms. The van der Waals surface area contributed by atoms with Gasteiger partial charge in [0.1, 0.15) is 11.6 Å². The molecule has 2 fully saturated rings. The molecule has 4 aromatic rings. The molecule has 6 heterocycles. The van der Waals surface area contributed by atoms with Crippen LogP contribution in [0.25, 0.3) is 17.0 Å². The highest BCUT2D eigenvalue weighted by Crippen LogP contribution is 2.27. The summed E-state index contributed by atoms with van der Waals surface area (Å²) >= 11 is 0. The van der Waals surface area contributed by atoms with Gasteiger partial charge in [0.2, 0.25) is 0 Å². The summed E-state index contributed by atoms with van der Waals surface area (Å²) in [5.41, 5.74) is 6.35. The number of anilines is 1. The minimum Gasteiger partial charge on any atom is -0.379 e. The van der Waals surface area contributed by atoms with Crippen LogP contribution >= 0.6 is 0 Å². The monoisotopic (exact) mass is 499 g/mol. The Labute approximate surface area is 216 Å². The van der Waals surface area contributed by atoms with E-state index in [1.54, 1.807) is 0 Å². The molecule has 0 N–H and O–H groups in total. The summed E-state index contributed by atoms with van der Waals surface area (Å²) in [7, 11) is 0. The summed E-state index contributed by atoms with van der Waals surface area (Å²) in [5.74, 6) is 2.89. The highest BCUT2D eigenvalue weighted by molar-refractivity contribution is 5.58. The van der Waals surface area contributed by atoms with Gasteiger partial charge in [-0.25, -0.2) is 14.5 Å². The van der Waals surface area contributed by atoms with Gasteiger partial charge < -0.3 is 9.64 Å². The summed E-state index contributed by atoms with van der Waals surface area (Å²) in [4.78, 5) is 27.9. The highest BCUT2D eigenvalue weighted by atomic mass is 16.5. The molecule has 0 aliphatic carbocycles. The van der Waals surface area contributed by atoms with Crippen molar-refractivity contribution in [2.75, 3.05) is 44.3 Å². The Bertz CT molecular complexity index is 1380. The highest BCUT2D eigenvalue weighted by Gasteiger charge is 2.26. The largest absolute Gasteiger partial charge is 0.379 e. The lowest BCUT2D eigenvalue weighted by molar-refractivity contribution is 0.0336. The topological polar surface area (TPSA) is 97.5 Å². The van der Waals surface area contributed by atoms with E-state index in [9.17, 15) is 0 Å². The number of ether oxygens (including phenoxy) is 1. The molecule has 2 aliphatic rings. The molecule has 0 aromatic carbocycles. The van der Waals surface area contributed by atoms with Crippen molar-refractivity contribution in [2.24, 2.45) is 5.92 Å². The number of aryl methyl sites for hydroxylation is 3. The van der Waals surface area contributed by atoms with Crippen LogP contribution in [0.15, 0.2) is 30.7 Å². The molecule has 1 atom stereocenters. The summed E-state index contributed by atoms with van der Waals surface area (Å²) in [6, 6.07) is 4.17. The number of fused-ring (bicyclic) bond motifs is 1. The average Bonchev–Trinajstić information content (AvgIpc) is 3.54. The standard InChI is InChI=1S/C27H33N9O/c1-18-24(19(2)36-27(31-18)32-20(3)33-36)12-21-6-7-35(16-21)26-15-29-25(14-30-26)22-4-5-23(28-13-22)17-34-8-10-37-11-9-34/h4-5,13-15,21H,6-12,16-17H2,1-3H3/t21-/m0/s1. The van der Waals surface area contributed by atoms with E-state index in [0.29, 0.717) is 11.7 Å². The number of rotatable bonds is 6. The van der Waals surface area contributed by atoms with Crippen LogP contribution in [0.3, 0.4) is 0 Å². The summed E-state index contributed by atoms with van der Waals surface area (Å²) in [6.07, 6.45) is 7.74. The smallest absolute Gasteiger partial charge is 0.252 e. The maximum atomic E-state index is 5.43. The second kappa shape index (κ2) is 10.1. The van der Waals surface area contributed by atoms with Crippen molar-refractivity contribution in [1.82, 2.24) is 39.4 Å². The number of aromatic nitrogens is 7. The Kier molecular flexibility index (Phi) is 6.52. The molecule has 37 heavy (non-hydrogen) atoms. The second-order valence-electron chi connectivity index (χ2n) is 10.1. The number of hydrogen-bond donors (Lipinski definition) is 0. The third kappa shape index (κ3) is 5.03. The van der Waals surface area contributed by atoms with Crippen molar-refractivity contribution >= 4 is 11.6 Å². The zero-order valence-electron chi connectivity index (χ0n) is 21.8. The molecule has 6 rings (SSSR count). The Hall–Kier alpha value is -3.50. The fourth-order valence-corrected chi connectivity index (χ4v) is 5.39. The van der Waals surface area contributed by atoms with Crippen LogP contribution in [-0.4, -0.2) is 78.8 Å². The van der Waals surface area contributed by atoms with Gasteiger partial charge in [-0.15, -0.1) is 0 Å². The van der Waals surface area contributed by atoms with Crippen LogP contribution in [0.5, 0.6) is 0 Å². The van der Waals surface area contributed by atoms with E-state index in [1.165, 1.54) is 5.56 Å². The fraction of sp³-hybridized carbons (Fsp3) is 0.481. The van der Waals surface area contributed by atoms with E-state index in [4.69, 9.17) is 19.7 Å². The van der Waals surface area contributed by atoms with E-state index in [2.05, 4.69) is 50.8 Å². The number of morpholine rings is 1. The van der Waals surface area contributed by atoms with Crippen molar-refractivity contribution in [3.05, 3.63) is 59.2 Å². The number of pyridine rings is 1. The molecule has 2 saturated heterocycles. The minimum absolute atomic E-state index is 0.533. The first kappa shape index (κ1) is 23.9. The van der Waals surface area contributed by atoms with E-state index in [1.807, 2.05) is 30.0 Å². The third-order valence-electron chi connectivity index (χ3n) is 7.51. The van der Waals surface area contributed by atoms with Gasteiger partial charge in [0.15, 0.2) is 0 Å². The summed E-state index contributed by atoms with van der Waals surface area (Å²) in [6.45, 7) is 12.4. The molecule has 0 bridgehead atoms. The van der Waals surface area contributed by atoms with Gasteiger partial charge >= 0.3 is 0 Å². The van der Waals surface area contributed by atoms with E-state index >= 15 is 0 Å². The lowest BCUT2D eigenvalue weighted by Crippen LogP contribution is -2.35. The Morgan fingerprint density at radius 2 is 1.81 bits per heavy atom. The molecular formula is C27H33N9O. The minimum atomic E-state index is 0.533. The first-order chi connectivity index (χ1) is 18.0. The zero-order valence-corrected chi connectivity index (χ0v) is 21.8. The first-order valence-electron chi connectivity index (χ1n) is 13.1. The fourth-order valence-electron chi connectivity index (χ4n) is 5.39. The quantitative estimate of drug-likeness (QED) is 0.397. The second-order valence-corrected chi connectivity index (χ2v) is 10.1. The van der Waals surface area contributed by atoms with Gasteiger partial charge in [-0.1, -0.05) is 0 Å². The molecule has 2 aliphatic heterocycles. The lowest BCUT2D eigenvalue weighted by atomic mass is 9.96. The maximum absolute atomic E-state index is 5.43. The third-order valence-corrected chi connectivity index (χ3v) is 7.51. The van der Waals surface area contributed by atoms with Gasteiger partial charge in [0.25, 0.3) is 5.78 Å². The van der Waals surface area contributed by atoms with E-state index < -0.39 is 0 Å². The normalized spacial score (nSPS) is 18.7. The Morgan fingerprint density at radius 1 is 0.946 bits per heavy atom. The Morgan fingerprint density at radius 3 is 2.57 bits per heavy atom. The van der Waals surface area contributed by atoms with Crippen LogP contribution in [0, 0.1) is 26.7 Å². The van der Waals surface area contributed by atoms with Crippen molar-refractivity contribution in [2.45, 2.75) is 40.2 Å². The van der Waals surface area contributed by atoms with Crippen molar-refractivity contribution in [3.63, 3.8) is 0 Å². The first-order valence-corrected chi connectivity index (χ1v) is 13.1. The van der Waals surface area contributed by atoms with Crippen LogP contribution in [0.4, 0.5) is 5.82 Å². The lowest BCUT2D eigenvalue weighted by Gasteiger charge is -2.26. The predicted molar refractivity (Wildman–Crippen MR) is 140 cm³/mol. The van der Waals surface area contributed by atoms with E-state index in [-0.39, 0.29) is 0 Å². The van der Waals surface area contributed by atoms with Crippen LogP contribution in [0.1, 0.15) is 34.9 Å². The van der Waals surface area contributed by atoms with Gasteiger partial charge in [0.05, 0.1) is 37.0 Å². The summed E-state index contributed by atoms with van der Waals surface area (Å²) in [5, 5.41) is 4.52. The van der Waals surface area contributed by atoms with Crippen molar-refractivity contribution < 1.29 is 4.74 Å².